The Balaban J connectivity index is -0.000000105. The molecule has 129 heavy (non-hydrogen) atoms. The van der Waals surface area contributed by atoms with Crippen molar-refractivity contribution in [2.24, 2.45) is 0 Å². The molecule has 0 aliphatic heterocycles. The molecule has 673 valence electrons. The third-order valence-electron chi connectivity index (χ3n) is 15.1. The van der Waals surface area contributed by atoms with Gasteiger partial charge in [-0.25, -0.2) is 72.8 Å². The molecule has 0 aliphatic rings. The first-order valence-electron chi connectivity index (χ1n) is 44.8. The average Bonchev–Trinajstić information content (AvgIpc) is 0.799. The number of hydrogen-bond donors (Lipinski definition) is 0. The van der Waals surface area contributed by atoms with Gasteiger partial charge in [0.2, 0.25) is 0 Å². The molecule has 0 saturated carbocycles. The van der Waals surface area contributed by atoms with Gasteiger partial charge in [0, 0.05) is 229 Å². The summed E-state index contributed by atoms with van der Waals surface area (Å²) in [6, 6.07) is 116. The standard InChI is InChI=1S/3C16H10.3C12H8.C8H6.15C2H6.7Y/c1-2-12-8-5-9-15-10-13-6-3-4-7-14(13)11-16(12)15;2*1-2-12-7-8-15-10-13-5-3-4-6-14(13)11-16(15)9-12;1-2-10-7-5-8-11-6-3-4-9-12(10)11;2*1-2-10-7-8-11-5-3-4-6-12(11)9-10;1-2-8-6-4-3-5-7-8;15*1-2;;;;;;;/h1-7,9-11H;1-6,8-11H;1-8,10-11H;2*1-6,8-9H;1-8H;1-6H;15*1-2H3;;;;;;;/q7*-2;;;;;;;;;;;;;;;;;;;;;;. The van der Waals surface area contributed by atoms with Crippen molar-refractivity contribution < 1.29 is 229 Å². The molecule has 0 bridgehead atoms. The Morgan fingerprint density at radius 1 is 0.171 bits per heavy atom. The number of hydrogen-bond acceptors (Lipinski definition) is 0. The molecule has 0 unspecified atom stereocenters. The molecular formula is C122H150Y7-14. The summed E-state index contributed by atoms with van der Waals surface area (Å²) in [6.07, 6.45) is 11.0. The Kier molecular flexibility index (Phi) is 129. The van der Waals surface area contributed by atoms with E-state index < -0.39 is 0 Å². The van der Waals surface area contributed by atoms with Crippen molar-refractivity contribution in [1.82, 2.24) is 0 Å². The van der Waals surface area contributed by atoms with Gasteiger partial charge in [-0.15, -0.1) is 97.7 Å². The van der Waals surface area contributed by atoms with Crippen LogP contribution in [0.5, 0.6) is 0 Å². The Labute approximate surface area is 968 Å². The molecule has 0 heterocycles. The van der Waals surface area contributed by atoms with Crippen LogP contribution in [0, 0.1) is 88.5 Å². The second-order valence-electron chi connectivity index (χ2n) is 21.1. The van der Waals surface area contributed by atoms with Crippen LogP contribution in [0.25, 0.3) is 139 Å². The maximum atomic E-state index is 5.60. The number of rotatable bonds is 7. The van der Waals surface area contributed by atoms with Crippen molar-refractivity contribution in [1.29, 1.82) is 0 Å². The van der Waals surface area contributed by atoms with Gasteiger partial charge in [0.15, 0.2) is 0 Å². The van der Waals surface area contributed by atoms with Gasteiger partial charge < -0.3 is 93.1 Å². The molecular weight excluding hydrogens is 2090 g/mol. The van der Waals surface area contributed by atoms with Gasteiger partial charge in [-0.2, -0.15) is 47.2 Å². The fraction of sp³-hybridized carbons (Fsp3) is 0.246. The van der Waals surface area contributed by atoms with Gasteiger partial charge in [0.1, 0.15) is 0 Å². The van der Waals surface area contributed by atoms with Crippen LogP contribution in [-0.2, 0) is 229 Å². The van der Waals surface area contributed by atoms with Crippen molar-refractivity contribution in [3.8, 4) is 0 Å². The summed E-state index contributed by atoms with van der Waals surface area (Å²) in [6.45, 7) is 98.0. The third kappa shape index (κ3) is 59.4. The van der Waals surface area contributed by atoms with Crippen LogP contribution >= 0.6 is 0 Å². The molecule has 0 N–H and O–H groups in total. The number of fused-ring (bicyclic) bond motifs is 9. The average molecular weight is 2240 g/mol. The molecule has 0 amide bonds. The summed E-state index contributed by atoms with van der Waals surface area (Å²) in [5.41, 5.74) is 6.61. The Morgan fingerprint density at radius 3 is 0.860 bits per heavy atom. The van der Waals surface area contributed by atoms with Crippen molar-refractivity contribution in [3.05, 3.63) is 407 Å². The van der Waals surface area contributed by atoms with Crippen LogP contribution in [0.2, 0.25) is 0 Å². The molecule has 0 aromatic heterocycles. The Hall–Kier alpha value is -4.23. The van der Waals surface area contributed by atoms with E-state index in [1.54, 1.807) is 36.5 Å². The molecule has 16 aromatic carbocycles. The fourth-order valence-corrected chi connectivity index (χ4v) is 10.3. The normalized spacial score (nSPS) is 8.02. The van der Waals surface area contributed by atoms with Gasteiger partial charge in [-0.3, -0.25) is 34.4 Å². The predicted molar refractivity (Wildman–Crippen MR) is 566 cm³/mol. The van der Waals surface area contributed by atoms with E-state index in [4.69, 9.17) is 46.1 Å². The van der Waals surface area contributed by atoms with Crippen molar-refractivity contribution in [2.45, 2.75) is 208 Å². The minimum atomic E-state index is 0. The maximum absolute atomic E-state index is 5.60. The van der Waals surface area contributed by atoms with Crippen LogP contribution in [0.15, 0.2) is 279 Å². The first kappa shape index (κ1) is 153. The minimum absolute atomic E-state index is 0. The zero-order valence-corrected chi connectivity index (χ0v) is 105. The maximum Gasteiger partial charge on any atom is 0 e. The van der Waals surface area contributed by atoms with Crippen LogP contribution in [-0.4, -0.2) is 0 Å². The molecule has 16 aromatic rings. The predicted octanol–water partition coefficient (Wildman–Crippen LogP) is 39.3. The largest absolute Gasteiger partial charge is 0.344 e. The van der Waals surface area contributed by atoms with Crippen LogP contribution < -0.4 is 0 Å². The second kappa shape index (κ2) is 109. The summed E-state index contributed by atoms with van der Waals surface area (Å²) in [5, 5.41) is 21.6. The molecule has 0 saturated heterocycles. The smallest absolute Gasteiger partial charge is 0 e. The third-order valence-corrected chi connectivity index (χ3v) is 15.1. The quantitative estimate of drug-likeness (QED) is 0.110. The van der Waals surface area contributed by atoms with E-state index >= 15 is 0 Å². The molecule has 0 nitrogen and oxygen atoms in total. The summed E-state index contributed by atoms with van der Waals surface area (Å²) < 4.78 is 0. The minimum Gasteiger partial charge on any atom is -0.344 e. The summed E-state index contributed by atoms with van der Waals surface area (Å²) in [7, 11) is 0. The van der Waals surface area contributed by atoms with Crippen molar-refractivity contribution in [3.63, 3.8) is 0 Å². The van der Waals surface area contributed by atoms with E-state index in [9.17, 15) is 0 Å². The number of benzene rings is 16. The van der Waals surface area contributed by atoms with Crippen LogP contribution in [0.1, 0.15) is 247 Å². The first-order valence-corrected chi connectivity index (χ1v) is 44.8. The fourth-order valence-electron chi connectivity index (χ4n) is 10.3. The molecule has 0 fully saturated rings. The van der Waals surface area contributed by atoms with E-state index in [1.165, 1.54) is 81.5 Å². The van der Waals surface area contributed by atoms with Gasteiger partial charge in [0.05, 0.1) is 0 Å². The van der Waals surface area contributed by atoms with Gasteiger partial charge in [-0.1, -0.05) is 382 Å². The van der Waals surface area contributed by atoms with E-state index in [1.807, 2.05) is 347 Å². The van der Waals surface area contributed by atoms with Crippen molar-refractivity contribution in [2.75, 3.05) is 0 Å². The monoisotopic (exact) mass is 2240 g/mol. The van der Waals surface area contributed by atoms with Gasteiger partial charge >= 0.3 is 0 Å². The molecule has 0 spiro atoms. The molecule has 7 radical (unpaired) electrons. The Bertz CT molecular complexity index is 5050. The van der Waals surface area contributed by atoms with E-state index in [2.05, 4.69) is 182 Å². The first-order chi connectivity index (χ1) is 60.3. The van der Waals surface area contributed by atoms with E-state index in [-0.39, 0.29) is 229 Å². The van der Waals surface area contributed by atoms with E-state index in [0.29, 0.717) is 0 Å². The van der Waals surface area contributed by atoms with Crippen LogP contribution in [0.4, 0.5) is 0 Å². The summed E-state index contributed by atoms with van der Waals surface area (Å²) in [4.78, 5) is 0. The van der Waals surface area contributed by atoms with Gasteiger partial charge in [0.25, 0.3) is 0 Å². The second-order valence-corrected chi connectivity index (χ2v) is 21.1. The van der Waals surface area contributed by atoms with Crippen LogP contribution in [0.3, 0.4) is 0 Å². The SMILES string of the molecule is CC.CC.CC.CC.CC.CC.CC.CC.CC.CC.CC.CC.CC.CC.CC.[CH-]=Cc1[c-]c2cc3ccccc3cc2cc1.[CH-]=Cc1[c-]c2ccccc2cc1.[CH-]=Cc1[c-]cc2cc3ccccc3cc2c1.[CH-]=Cc1[c-]cc2ccccc2c1.[CH-]=Cc1[c-]ccc2cc3ccccc3cc12.[CH-]=Cc1[c-]ccc2ccccc12.[CH-]=Cc1[c-]cccc1.[Y].[Y].[Y].[Y].[Y].[Y].[Y]. The molecule has 0 atom stereocenters. The van der Waals surface area contributed by atoms with E-state index in [0.717, 1.165) is 60.5 Å². The van der Waals surface area contributed by atoms with Crippen molar-refractivity contribution >= 4 is 139 Å². The zero-order chi connectivity index (χ0) is 93.9. The molecule has 16 rings (SSSR count). The molecule has 0 aliphatic carbocycles. The summed E-state index contributed by atoms with van der Waals surface area (Å²) in [5.74, 6) is 0. The van der Waals surface area contributed by atoms with Gasteiger partial charge in [-0.05, 0) is 26.9 Å². The summed E-state index contributed by atoms with van der Waals surface area (Å²) >= 11 is 0. The topological polar surface area (TPSA) is 0 Å². The zero-order valence-electron chi connectivity index (χ0n) is 84.7. The molecule has 7 heteroatoms. The Morgan fingerprint density at radius 2 is 0.465 bits per heavy atom.